The molecule has 0 aliphatic heterocycles. The van der Waals surface area contributed by atoms with Gasteiger partial charge >= 0.3 is 18.2 Å². The van der Waals surface area contributed by atoms with Crippen molar-refractivity contribution < 1.29 is 32.3 Å². The molecule has 3 N–H and O–H groups in total. The Labute approximate surface area is 115 Å². The zero-order chi connectivity index (χ0) is 15.8. The number of hydrogen-bond donors (Lipinski definition) is 3. The Kier molecular flexibility index (Phi) is 3.52. The van der Waals surface area contributed by atoms with Crippen LogP contribution in [0.15, 0.2) is 18.2 Å². The number of halogens is 4. The molecule has 0 atom stereocenters. The number of rotatable bonds is 3. The second kappa shape index (κ2) is 4.90. The SMILES string of the molecule is O=C(Nc1ccc(F)c(C(=O)O)c1)NC1(C(F)(F)F)CC1. The summed E-state index contributed by atoms with van der Waals surface area (Å²) in [6.07, 6.45) is -4.99. The molecule has 1 fully saturated rings. The lowest BCUT2D eigenvalue weighted by Gasteiger charge is -2.21. The number of nitrogens with one attached hydrogen (secondary N) is 2. The third-order valence-electron chi connectivity index (χ3n) is 3.10. The average molecular weight is 306 g/mol. The van der Waals surface area contributed by atoms with Crippen molar-refractivity contribution in [3.8, 4) is 0 Å². The summed E-state index contributed by atoms with van der Waals surface area (Å²) in [4.78, 5) is 22.2. The number of carboxylic acid groups (broad SMARTS) is 1. The highest BCUT2D eigenvalue weighted by Gasteiger charge is 2.64. The van der Waals surface area contributed by atoms with Crippen LogP contribution in [0.4, 0.5) is 28.0 Å². The molecule has 2 amide bonds. The molecule has 114 valence electrons. The molecule has 0 heterocycles. The van der Waals surface area contributed by atoms with Crippen LogP contribution in [-0.4, -0.2) is 28.8 Å². The largest absolute Gasteiger partial charge is 0.478 e. The second-order valence-corrected chi connectivity index (χ2v) is 4.66. The Morgan fingerprint density at radius 1 is 1.24 bits per heavy atom. The number of alkyl halides is 3. The third-order valence-corrected chi connectivity index (χ3v) is 3.10. The standard InChI is InChI=1S/C12H10F4N2O3/c13-8-2-1-6(5-7(8)9(19)20)17-10(21)18-11(3-4-11)12(14,15)16/h1-2,5H,3-4H2,(H,19,20)(H2,17,18,21). The first-order valence-corrected chi connectivity index (χ1v) is 5.83. The van der Waals surface area contributed by atoms with E-state index in [0.29, 0.717) is 0 Å². The lowest BCUT2D eigenvalue weighted by atomic mass is 10.2. The summed E-state index contributed by atoms with van der Waals surface area (Å²) in [5, 5.41) is 12.6. The predicted octanol–water partition coefficient (Wildman–Crippen LogP) is 2.74. The summed E-state index contributed by atoms with van der Waals surface area (Å²) in [7, 11) is 0. The minimum absolute atomic E-state index is 0.121. The number of anilines is 1. The van der Waals surface area contributed by atoms with E-state index in [1.54, 1.807) is 5.32 Å². The van der Waals surface area contributed by atoms with Crippen molar-refractivity contribution in [1.82, 2.24) is 5.32 Å². The monoisotopic (exact) mass is 306 g/mol. The van der Waals surface area contributed by atoms with E-state index in [-0.39, 0.29) is 18.5 Å². The highest BCUT2D eigenvalue weighted by Crippen LogP contribution is 2.48. The van der Waals surface area contributed by atoms with Crippen LogP contribution in [0.5, 0.6) is 0 Å². The number of carboxylic acids is 1. The van der Waals surface area contributed by atoms with Gasteiger partial charge in [0.1, 0.15) is 11.4 Å². The number of urea groups is 1. The molecule has 21 heavy (non-hydrogen) atoms. The number of hydrogen-bond acceptors (Lipinski definition) is 2. The van der Waals surface area contributed by atoms with E-state index in [2.05, 4.69) is 5.32 Å². The summed E-state index contributed by atoms with van der Waals surface area (Å²) >= 11 is 0. The first-order valence-electron chi connectivity index (χ1n) is 5.83. The summed E-state index contributed by atoms with van der Waals surface area (Å²) in [5.41, 5.74) is -3.04. The molecule has 2 rings (SSSR count). The first-order chi connectivity index (χ1) is 9.64. The molecule has 1 saturated carbocycles. The van der Waals surface area contributed by atoms with Crippen LogP contribution in [0.25, 0.3) is 0 Å². The summed E-state index contributed by atoms with van der Waals surface area (Å²) in [6, 6.07) is 1.54. The number of aromatic carboxylic acids is 1. The lowest BCUT2D eigenvalue weighted by molar-refractivity contribution is -0.162. The fourth-order valence-corrected chi connectivity index (χ4v) is 1.75. The Bertz CT molecular complexity index is 597. The number of carbonyl (C=O) groups is 2. The Morgan fingerprint density at radius 2 is 1.86 bits per heavy atom. The van der Waals surface area contributed by atoms with Gasteiger partial charge in [0.05, 0.1) is 5.56 Å². The molecule has 1 aromatic rings. The van der Waals surface area contributed by atoms with Gasteiger partial charge in [-0.25, -0.2) is 14.0 Å². The van der Waals surface area contributed by atoms with Crippen molar-refractivity contribution in [3.05, 3.63) is 29.6 Å². The Morgan fingerprint density at radius 3 is 2.33 bits per heavy atom. The van der Waals surface area contributed by atoms with Crippen LogP contribution in [0.1, 0.15) is 23.2 Å². The van der Waals surface area contributed by atoms with Gasteiger partial charge in [-0.15, -0.1) is 0 Å². The average Bonchev–Trinajstić information content (AvgIpc) is 3.11. The molecule has 0 aromatic heterocycles. The smallest absolute Gasteiger partial charge is 0.411 e. The summed E-state index contributed by atoms with van der Waals surface area (Å²) in [6.45, 7) is 0. The second-order valence-electron chi connectivity index (χ2n) is 4.66. The van der Waals surface area contributed by atoms with Crippen molar-refractivity contribution in [2.45, 2.75) is 24.6 Å². The van der Waals surface area contributed by atoms with E-state index in [1.807, 2.05) is 0 Å². The fraction of sp³-hybridized carbons (Fsp3) is 0.333. The minimum atomic E-state index is -4.56. The van der Waals surface area contributed by atoms with Crippen LogP contribution >= 0.6 is 0 Å². The van der Waals surface area contributed by atoms with Crippen LogP contribution in [-0.2, 0) is 0 Å². The Balaban J connectivity index is 2.07. The normalized spacial score (nSPS) is 16.2. The van der Waals surface area contributed by atoms with Crippen LogP contribution in [0, 0.1) is 5.82 Å². The molecular weight excluding hydrogens is 296 g/mol. The maximum Gasteiger partial charge on any atom is 0.411 e. The van der Waals surface area contributed by atoms with Crippen LogP contribution in [0.3, 0.4) is 0 Å². The van der Waals surface area contributed by atoms with Gasteiger partial charge in [-0.1, -0.05) is 0 Å². The van der Waals surface area contributed by atoms with E-state index in [0.717, 1.165) is 18.2 Å². The van der Waals surface area contributed by atoms with Gasteiger partial charge in [-0.2, -0.15) is 13.2 Å². The molecule has 5 nitrogen and oxygen atoms in total. The molecule has 0 radical (unpaired) electrons. The van der Waals surface area contributed by atoms with Gasteiger partial charge in [0, 0.05) is 5.69 Å². The summed E-state index contributed by atoms with van der Waals surface area (Å²) < 4.78 is 51.1. The molecule has 0 saturated heterocycles. The minimum Gasteiger partial charge on any atom is -0.478 e. The molecule has 0 bridgehead atoms. The van der Waals surface area contributed by atoms with Crippen LogP contribution < -0.4 is 10.6 Å². The maximum absolute atomic E-state index is 13.1. The molecular formula is C12H10F4N2O3. The molecule has 0 spiro atoms. The van der Waals surface area contributed by atoms with E-state index >= 15 is 0 Å². The third kappa shape index (κ3) is 3.06. The van der Waals surface area contributed by atoms with Gasteiger partial charge in [-0.05, 0) is 31.0 Å². The molecule has 9 heteroatoms. The van der Waals surface area contributed by atoms with Gasteiger partial charge in [0.15, 0.2) is 0 Å². The molecule has 1 aliphatic rings. The van der Waals surface area contributed by atoms with E-state index in [9.17, 15) is 27.2 Å². The highest BCUT2D eigenvalue weighted by atomic mass is 19.4. The predicted molar refractivity (Wildman–Crippen MR) is 63.5 cm³/mol. The van der Waals surface area contributed by atoms with Gasteiger partial charge in [0.25, 0.3) is 0 Å². The first kappa shape index (κ1) is 15.1. The quantitative estimate of drug-likeness (QED) is 0.751. The van der Waals surface area contributed by atoms with Gasteiger partial charge < -0.3 is 15.7 Å². The lowest BCUT2D eigenvalue weighted by Crippen LogP contribution is -2.49. The van der Waals surface area contributed by atoms with E-state index in [4.69, 9.17) is 5.11 Å². The van der Waals surface area contributed by atoms with Crippen molar-refractivity contribution >= 4 is 17.7 Å². The fourth-order valence-electron chi connectivity index (χ4n) is 1.75. The van der Waals surface area contributed by atoms with Crippen molar-refractivity contribution in [2.24, 2.45) is 0 Å². The topological polar surface area (TPSA) is 78.4 Å². The van der Waals surface area contributed by atoms with E-state index in [1.165, 1.54) is 0 Å². The number of amides is 2. The molecule has 1 aliphatic carbocycles. The Hall–Kier alpha value is -2.32. The van der Waals surface area contributed by atoms with Crippen molar-refractivity contribution in [1.29, 1.82) is 0 Å². The summed E-state index contributed by atoms with van der Waals surface area (Å²) in [5.74, 6) is -2.56. The van der Waals surface area contributed by atoms with Gasteiger partial charge in [-0.3, -0.25) is 0 Å². The number of benzene rings is 1. The van der Waals surface area contributed by atoms with Crippen molar-refractivity contribution in [2.75, 3.05) is 5.32 Å². The highest BCUT2D eigenvalue weighted by molar-refractivity contribution is 5.93. The molecule has 0 unspecified atom stereocenters. The van der Waals surface area contributed by atoms with E-state index < -0.39 is 35.1 Å². The zero-order valence-corrected chi connectivity index (χ0v) is 10.4. The number of carbonyl (C=O) groups excluding carboxylic acids is 1. The maximum atomic E-state index is 13.1. The zero-order valence-electron chi connectivity index (χ0n) is 10.4. The van der Waals surface area contributed by atoms with Gasteiger partial charge in [0.2, 0.25) is 0 Å². The van der Waals surface area contributed by atoms with Crippen molar-refractivity contribution in [3.63, 3.8) is 0 Å². The molecule has 1 aromatic carbocycles. The van der Waals surface area contributed by atoms with Crippen LogP contribution in [0.2, 0.25) is 0 Å².